The van der Waals surface area contributed by atoms with E-state index in [-0.39, 0.29) is 0 Å². The van der Waals surface area contributed by atoms with Crippen LogP contribution in [0.2, 0.25) is 0 Å². The van der Waals surface area contributed by atoms with Crippen LogP contribution in [0, 0.1) is 0 Å². The molecule has 0 aliphatic carbocycles. The third-order valence-electron chi connectivity index (χ3n) is 0.908. The van der Waals surface area contributed by atoms with Crippen molar-refractivity contribution in [2.75, 3.05) is 19.5 Å². The first-order chi connectivity index (χ1) is 3.98. The fourth-order valence-electron chi connectivity index (χ4n) is 0.269. The van der Waals surface area contributed by atoms with Gasteiger partial charge >= 0.3 is 0 Å². The molecule has 0 fully saturated rings. The average molecular weight is 208 g/mol. The molecular weight excluding hydrogens is 199 g/mol. The summed E-state index contributed by atoms with van der Waals surface area (Å²) in [5.41, 5.74) is 0. The zero-order chi connectivity index (χ0) is 7.49. The molecule has 0 unspecified atom stereocenters. The van der Waals surface area contributed by atoms with Gasteiger partial charge < -0.3 is 0 Å². The average Bonchev–Trinajstić information content (AvgIpc) is 1.64. The normalized spacial score (nSPS) is 12.6. The molecule has 0 radical (unpaired) electrons. The fraction of sp³-hybridized carbons (Fsp3) is 0.750. The highest BCUT2D eigenvalue weighted by Crippen LogP contribution is 2.58. The molecule has 0 aromatic heterocycles. The molecule has 9 heavy (non-hydrogen) atoms. The van der Waals surface area contributed by atoms with Gasteiger partial charge in [0.05, 0.1) is 0 Å². The van der Waals surface area contributed by atoms with Gasteiger partial charge in [0.25, 0.3) is 0 Å². The van der Waals surface area contributed by atoms with Crippen LogP contribution < -0.4 is 0 Å². The highest BCUT2D eigenvalue weighted by Gasteiger charge is 2.10. The van der Waals surface area contributed by atoms with Gasteiger partial charge in [0.1, 0.15) is 5.74 Å². The van der Waals surface area contributed by atoms with E-state index in [1.807, 2.05) is 7.05 Å². The second-order valence-electron chi connectivity index (χ2n) is 1.67. The van der Waals surface area contributed by atoms with E-state index >= 15 is 0 Å². The van der Waals surface area contributed by atoms with Crippen molar-refractivity contribution in [3.8, 4) is 0 Å². The molecule has 5 heteroatoms. The maximum absolute atomic E-state index is 5.70. The van der Waals surface area contributed by atoms with Crippen LogP contribution in [0.15, 0.2) is 0 Å². The van der Waals surface area contributed by atoms with E-state index in [9.17, 15) is 0 Å². The number of halogens is 3. The molecule has 0 bridgehead atoms. The van der Waals surface area contributed by atoms with E-state index in [2.05, 4.69) is 6.30 Å². The van der Waals surface area contributed by atoms with Crippen LogP contribution in [0.4, 0.5) is 0 Å². The number of nitrogens with zero attached hydrogens (tertiary/aromatic N) is 1. The van der Waals surface area contributed by atoms with Gasteiger partial charge in [-0.05, 0) is 7.05 Å². The Bertz CT molecular complexity index is 121. The summed E-state index contributed by atoms with van der Waals surface area (Å²) in [5.74, 6) is -1.55. The Morgan fingerprint density at radius 3 is 2.11 bits per heavy atom. The third kappa shape index (κ3) is 4.52. The molecule has 0 saturated carbocycles. The summed E-state index contributed by atoms with van der Waals surface area (Å²) >= 11 is 16.8. The molecule has 0 spiro atoms. The van der Waals surface area contributed by atoms with Crippen LogP contribution in [0.25, 0.3) is 0 Å². The van der Waals surface area contributed by atoms with E-state index in [1.54, 1.807) is 4.67 Å². The Morgan fingerprint density at radius 2 is 2.00 bits per heavy atom. The highest BCUT2D eigenvalue weighted by molar-refractivity contribution is 8.13. The molecule has 1 nitrogen and oxygen atoms in total. The third-order valence-corrected chi connectivity index (χ3v) is 3.82. The SMILES string of the molecule is C=P(Cl)(Cl)N(C)CCCl. The van der Waals surface area contributed by atoms with Gasteiger partial charge in [-0.3, -0.25) is 4.67 Å². The maximum Gasteiger partial charge on any atom is 0.115 e. The minimum atomic E-state index is -2.08. The van der Waals surface area contributed by atoms with E-state index in [0.29, 0.717) is 12.4 Å². The lowest BCUT2D eigenvalue weighted by atomic mass is 10.8. The van der Waals surface area contributed by atoms with Crippen molar-refractivity contribution in [2.45, 2.75) is 0 Å². The van der Waals surface area contributed by atoms with E-state index in [4.69, 9.17) is 34.1 Å². The summed E-state index contributed by atoms with van der Waals surface area (Å²) in [6.45, 7) is 0.686. The van der Waals surface area contributed by atoms with Crippen molar-refractivity contribution in [3.63, 3.8) is 0 Å². The van der Waals surface area contributed by atoms with Gasteiger partial charge in [0.15, 0.2) is 0 Å². The smallest absolute Gasteiger partial charge is 0.115 e. The molecule has 0 N–H and O–H groups in total. The first-order valence-electron chi connectivity index (χ1n) is 2.38. The van der Waals surface area contributed by atoms with Gasteiger partial charge in [0.2, 0.25) is 0 Å². The molecule has 0 heterocycles. The summed E-state index contributed by atoms with van der Waals surface area (Å²) in [4.78, 5) is 0. The zero-order valence-electron chi connectivity index (χ0n) is 5.15. The Kier molecular flexibility index (Phi) is 4.62. The van der Waals surface area contributed by atoms with Gasteiger partial charge in [-0.1, -0.05) is 28.8 Å². The monoisotopic (exact) mass is 207 g/mol. The van der Waals surface area contributed by atoms with Crippen LogP contribution in [0.1, 0.15) is 0 Å². The number of hydrogen-bond acceptors (Lipinski definition) is 1. The van der Waals surface area contributed by atoms with Crippen molar-refractivity contribution in [3.05, 3.63) is 0 Å². The quantitative estimate of drug-likeness (QED) is 0.509. The van der Waals surface area contributed by atoms with Crippen LogP contribution >= 0.6 is 39.8 Å². The predicted molar refractivity (Wildman–Crippen MR) is 49.1 cm³/mol. The fourth-order valence-corrected chi connectivity index (χ4v) is 1.49. The van der Waals surface area contributed by atoms with E-state index in [1.165, 1.54) is 0 Å². The van der Waals surface area contributed by atoms with Gasteiger partial charge in [-0.2, -0.15) is 0 Å². The van der Waals surface area contributed by atoms with Crippen LogP contribution in [-0.2, 0) is 0 Å². The number of alkyl halides is 1. The van der Waals surface area contributed by atoms with E-state index < -0.39 is 5.74 Å². The maximum atomic E-state index is 5.70. The van der Waals surface area contributed by atoms with Crippen molar-refractivity contribution in [2.24, 2.45) is 0 Å². The van der Waals surface area contributed by atoms with Crippen LogP contribution in [-0.4, -0.2) is 30.4 Å². The topological polar surface area (TPSA) is 3.24 Å². The highest BCUT2D eigenvalue weighted by atomic mass is 35.9. The minimum absolute atomic E-state index is 0.535. The second kappa shape index (κ2) is 4.10. The molecular formula is C4H9Cl3NP. The largest absolute Gasteiger partial charge is 0.262 e. The minimum Gasteiger partial charge on any atom is -0.262 e. The second-order valence-corrected chi connectivity index (χ2v) is 7.79. The zero-order valence-corrected chi connectivity index (χ0v) is 8.31. The molecule has 0 saturated heterocycles. The van der Waals surface area contributed by atoms with Crippen molar-refractivity contribution >= 4 is 46.1 Å². The summed E-state index contributed by atoms with van der Waals surface area (Å²) in [5, 5.41) is 0. The van der Waals surface area contributed by atoms with Gasteiger partial charge in [0, 0.05) is 12.4 Å². The molecule has 0 aromatic carbocycles. The molecule has 0 aliphatic heterocycles. The standard InChI is InChI=1S/C4H9Cl3NP/c1-8(4-3-5)9(2,6)7/h2-4H2,1H3. The summed E-state index contributed by atoms with van der Waals surface area (Å²) in [7, 11) is 1.81. The number of rotatable bonds is 3. The lowest BCUT2D eigenvalue weighted by Gasteiger charge is -2.20. The van der Waals surface area contributed by atoms with Crippen molar-refractivity contribution < 1.29 is 0 Å². The van der Waals surface area contributed by atoms with Crippen molar-refractivity contribution in [1.82, 2.24) is 4.67 Å². The number of hydrogen-bond donors (Lipinski definition) is 0. The molecule has 56 valence electrons. The Balaban J connectivity index is 3.74. The Labute approximate surface area is 70.5 Å². The molecule has 0 rings (SSSR count). The first-order valence-corrected chi connectivity index (χ1v) is 6.66. The van der Waals surface area contributed by atoms with Crippen LogP contribution in [0.3, 0.4) is 0 Å². The lowest BCUT2D eigenvalue weighted by Crippen LogP contribution is -2.12. The lowest BCUT2D eigenvalue weighted by molar-refractivity contribution is 0.597. The summed E-state index contributed by atoms with van der Waals surface area (Å²) < 4.78 is 1.77. The molecule has 0 aliphatic rings. The predicted octanol–water partition coefficient (Wildman–Crippen LogP) is 2.83. The van der Waals surface area contributed by atoms with Crippen molar-refractivity contribution in [1.29, 1.82) is 0 Å². The molecule has 0 atom stereocenters. The molecule has 0 amide bonds. The summed E-state index contributed by atoms with van der Waals surface area (Å²) in [6, 6.07) is 0. The summed E-state index contributed by atoms with van der Waals surface area (Å²) in [6.07, 6.45) is 3.60. The van der Waals surface area contributed by atoms with Gasteiger partial charge in [-0.25, -0.2) is 0 Å². The van der Waals surface area contributed by atoms with Gasteiger partial charge in [-0.15, -0.1) is 11.6 Å². The van der Waals surface area contributed by atoms with Crippen LogP contribution in [0.5, 0.6) is 0 Å². The van der Waals surface area contributed by atoms with E-state index in [0.717, 1.165) is 0 Å². The Morgan fingerprint density at radius 1 is 1.56 bits per heavy atom. The Hall–Kier alpha value is 1.13. The molecule has 0 aromatic rings. The first kappa shape index (κ1) is 10.1.